The van der Waals surface area contributed by atoms with Crippen LogP contribution in [0.5, 0.6) is 11.5 Å². The number of phenols is 1. The van der Waals surface area contributed by atoms with Crippen LogP contribution >= 0.6 is 0 Å². The zero-order valence-corrected chi connectivity index (χ0v) is 19.8. The van der Waals surface area contributed by atoms with Crippen molar-refractivity contribution < 1.29 is 48.6 Å². The van der Waals surface area contributed by atoms with Crippen LogP contribution < -0.4 is 4.74 Å². The number of esters is 1. The predicted molar refractivity (Wildman–Crippen MR) is 126 cm³/mol. The van der Waals surface area contributed by atoms with E-state index < -0.39 is 49.1 Å². The van der Waals surface area contributed by atoms with E-state index in [4.69, 9.17) is 18.6 Å². The van der Waals surface area contributed by atoms with Gasteiger partial charge in [-0.15, -0.1) is 0 Å². The molecule has 1 saturated heterocycles. The topological polar surface area (TPSA) is 156 Å². The zero-order valence-electron chi connectivity index (χ0n) is 19.8. The fourth-order valence-electron chi connectivity index (χ4n) is 4.26. The van der Waals surface area contributed by atoms with E-state index in [9.17, 15) is 30.0 Å². The molecular weight excluding hydrogens is 472 g/mol. The van der Waals surface area contributed by atoms with Crippen molar-refractivity contribution in [2.75, 3.05) is 6.61 Å². The summed E-state index contributed by atoms with van der Waals surface area (Å²) in [6, 6.07) is 10.3. The second kappa shape index (κ2) is 10.7. The number of rotatable bonds is 8. The summed E-state index contributed by atoms with van der Waals surface area (Å²) in [7, 11) is 0. The van der Waals surface area contributed by atoms with Gasteiger partial charge in [-0.1, -0.05) is 6.07 Å². The molecule has 4 N–H and O–H groups in total. The highest BCUT2D eigenvalue weighted by molar-refractivity contribution is 6.01. The lowest BCUT2D eigenvalue weighted by molar-refractivity contribution is -0.281. The van der Waals surface area contributed by atoms with Gasteiger partial charge in [0.2, 0.25) is 6.29 Å². The molecule has 10 nitrogen and oxygen atoms in total. The molecule has 0 aliphatic carbocycles. The highest BCUT2D eigenvalue weighted by Crippen LogP contribution is 2.34. The lowest BCUT2D eigenvalue weighted by Gasteiger charge is -2.41. The molecular formula is C26H28O10. The third-order valence-electron chi connectivity index (χ3n) is 6.03. The number of aliphatic hydroxyl groups is 3. The van der Waals surface area contributed by atoms with Crippen molar-refractivity contribution in [3.05, 3.63) is 59.4 Å². The average molecular weight is 501 g/mol. The van der Waals surface area contributed by atoms with Gasteiger partial charge in [0.05, 0.1) is 12.9 Å². The number of aliphatic hydroxyl groups excluding tert-OH is 3. The Bertz CT molecular complexity index is 1250. The van der Waals surface area contributed by atoms with Crippen molar-refractivity contribution in [2.45, 2.75) is 57.4 Å². The average Bonchev–Trinajstić information content (AvgIpc) is 3.29. The Balaban J connectivity index is 1.59. The minimum atomic E-state index is -1.62. The summed E-state index contributed by atoms with van der Waals surface area (Å²) in [6.07, 6.45) is -5.29. The summed E-state index contributed by atoms with van der Waals surface area (Å²) in [4.78, 5) is 24.8. The molecule has 0 unspecified atom stereocenters. The SMILES string of the molecule is CC(=O)O[C@H]1[C@H](Oc2cc(C)cc(O)c2C(=O)CCc2ccc3occc3c2)O[C@H](CO)[C@@H](O)[C@@H]1O. The molecule has 1 aliphatic rings. The molecule has 1 aromatic heterocycles. The molecule has 2 aromatic carbocycles. The van der Waals surface area contributed by atoms with Crippen molar-refractivity contribution >= 4 is 22.7 Å². The van der Waals surface area contributed by atoms with E-state index in [1.165, 1.54) is 12.1 Å². The van der Waals surface area contributed by atoms with Crippen LogP contribution in [0.2, 0.25) is 0 Å². The maximum atomic E-state index is 13.2. The Morgan fingerprint density at radius 3 is 2.58 bits per heavy atom. The summed E-state index contributed by atoms with van der Waals surface area (Å²) in [6.45, 7) is 2.15. The van der Waals surface area contributed by atoms with Crippen LogP contribution in [-0.4, -0.2) is 69.5 Å². The van der Waals surface area contributed by atoms with Crippen LogP contribution in [-0.2, 0) is 20.7 Å². The van der Waals surface area contributed by atoms with Crippen LogP contribution in [0.3, 0.4) is 0 Å². The first-order valence-corrected chi connectivity index (χ1v) is 11.5. The Labute approximate surface area is 206 Å². The lowest BCUT2D eigenvalue weighted by atomic mass is 9.98. The third kappa shape index (κ3) is 5.36. The zero-order chi connectivity index (χ0) is 26.0. The molecule has 192 valence electrons. The molecule has 0 amide bonds. The van der Waals surface area contributed by atoms with Gasteiger partial charge in [-0.3, -0.25) is 9.59 Å². The molecule has 0 radical (unpaired) electrons. The van der Waals surface area contributed by atoms with E-state index in [1.807, 2.05) is 24.3 Å². The Morgan fingerprint density at radius 1 is 1.08 bits per heavy atom. The summed E-state index contributed by atoms with van der Waals surface area (Å²) in [5.41, 5.74) is 2.11. The number of aromatic hydroxyl groups is 1. The summed E-state index contributed by atoms with van der Waals surface area (Å²) < 4.78 is 21.9. The fourth-order valence-corrected chi connectivity index (χ4v) is 4.26. The van der Waals surface area contributed by atoms with E-state index in [-0.39, 0.29) is 23.5 Å². The highest BCUT2D eigenvalue weighted by Gasteiger charge is 2.48. The number of carbonyl (C=O) groups excluding carboxylic acids is 2. The van der Waals surface area contributed by atoms with Crippen molar-refractivity contribution in [2.24, 2.45) is 0 Å². The predicted octanol–water partition coefficient (Wildman–Crippen LogP) is 2.01. The van der Waals surface area contributed by atoms with Gasteiger partial charge in [0.15, 0.2) is 11.9 Å². The molecule has 0 saturated carbocycles. The first-order chi connectivity index (χ1) is 17.2. The number of benzene rings is 2. The number of furan rings is 1. The second-order valence-electron chi connectivity index (χ2n) is 8.77. The highest BCUT2D eigenvalue weighted by atomic mass is 16.7. The molecule has 2 heterocycles. The molecule has 10 heteroatoms. The number of Topliss-reactive ketones (excluding diaryl/α,β-unsaturated/α-hetero) is 1. The molecule has 3 aromatic rings. The van der Waals surface area contributed by atoms with Crippen LogP contribution in [0.15, 0.2) is 47.1 Å². The first kappa shape index (κ1) is 25.6. The monoisotopic (exact) mass is 500 g/mol. The van der Waals surface area contributed by atoms with Crippen LogP contribution in [0.1, 0.15) is 34.8 Å². The number of phenolic OH excluding ortho intramolecular Hbond substituents is 1. The Kier molecular flexibility index (Phi) is 7.60. The third-order valence-corrected chi connectivity index (χ3v) is 6.03. The maximum absolute atomic E-state index is 13.2. The Hall–Kier alpha value is -3.44. The van der Waals surface area contributed by atoms with E-state index in [2.05, 4.69) is 0 Å². The molecule has 0 spiro atoms. The molecule has 4 rings (SSSR count). The van der Waals surface area contributed by atoms with Crippen molar-refractivity contribution in [3.8, 4) is 11.5 Å². The van der Waals surface area contributed by atoms with Gasteiger partial charge >= 0.3 is 5.97 Å². The van der Waals surface area contributed by atoms with E-state index in [1.54, 1.807) is 13.2 Å². The number of ketones is 1. The van der Waals surface area contributed by atoms with Crippen molar-refractivity contribution in [1.82, 2.24) is 0 Å². The van der Waals surface area contributed by atoms with Gasteiger partial charge in [0, 0.05) is 18.7 Å². The minimum absolute atomic E-state index is 0.0507. The number of ether oxygens (including phenoxy) is 3. The van der Waals surface area contributed by atoms with E-state index >= 15 is 0 Å². The number of aryl methyl sites for hydroxylation is 2. The summed E-state index contributed by atoms with van der Waals surface area (Å²) in [5.74, 6) is -1.53. The molecule has 1 fully saturated rings. The standard InChI is InChI=1S/C26H28O10/c1-13-9-18(30)22(17(29)5-3-15-4-6-19-16(11-15)7-8-33-19)20(10-13)35-26-25(34-14(2)28)24(32)23(31)21(12-27)36-26/h4,6-11,21,23-27,30-32H,3,5,12H2,1-2H3/t21-,23-,24+,25-,26-/m1/s1. The van der Waals surface area contributed by atoms with Crippen LogP contribution in [0.25, 0.3) is 11.0 Å². The van der Waals surface area contributed by atoms with Gasteiger partial charge in [-0.2, -0.15) is 0 Å². The molecule has 5 atom stereocenters. The maximum Gasteiger partial charge on any atom is 0.303 e. The summed E-state index contributed by atoms with van der Waals surface area (Å²) in [5, 5.41) is 41.7. The van der Waals surface area contributed by atoms with Crippen LogP contribution in [0.4, 0.5) is 0 Å². The molecule has 0 bridgehead atoms. The number of hydrogen-bond donors (Lipinski definition) is 4. The largest absolute Gasteiger partial charge is 0.507 e. The van der Waals surface area contributed by atoms with Crippen LogP contribution in [0, 0.1) is 6.92 Å². The summed E-state index contributed by atoms with van der Waals surface area (Å²) >= 11 is 0. The van der Waals surface area contributed by atoms with E-state index in [0.29, 0.717) is 12.0 Å². The van der Waals surface area contributed by atoms with Gasteiger partial charge in [0.25, 0.3) is 0 Å². The number of hydrogen-bond acceptors (Lipinski definition) is 10. The molecule has 1 aliphatic heterocycles. The fraction of sp³-hybridized carbons (Fsp3) is 0.385. The normalized spacial score (nSPS) is 24.0. The van der Waals surface area contributed by atoms with Crippen molar-refractivity contribution in [1.29, 1.82) is 0 Å². The van der Waals surface area contributed by atoms with E-state index in [0.717, 1.165) is 23.5 Å². The first-order valence-electron chi connectivity index (χ1n) is 11.5. The lowest BCUT2D eigenvalue weighted by Crippen LogP contribution is -2.61. The second-order valence-corrected chi connectivity index (χ2v) is 8.77. The smallest absolute Gasteiger partial charge is 0.303 e. The van der Waals surface area contributed by atoms with Gasteiger partial charge in [-0.25, -0.2) is 0 Å². The molecule has 36 heavy (non-hydrogen) atoms. The van der Waals surface area contributed by atoms with Gasteiger partial charge < -0.3 is 39.1 Å². The Morgan fingerprint density at radius 2 is 1.86 bits per heavy atom. The number of carbonyl (C=O) groups is 2. The van der Waals surface area contributed by atoms with Gasteiger partial charge in [-0.05, 0) is 54.8 Å². The minimum Gasteiger partial charge on any atom is -0.507 e. The van der Waals surface area contributed by atoms with Crippen molar-refractivity contribution in [3.63, 3.8) is 0 Å². The van der Waals surface area contributed by atoms with Gasteiger partial charge in [0.1, 0.15) is 41.0 Å². The number of fused-ring (bicyclic) bond motifs is 1. The quantitative estimate of drug-likeness (QED) is 0.267.